The van der Waals surface area contributed by atoms with Crippen molar-refractivity contribution in [1.82, 2.24) is 0 Å². The summed E-state index contributed by atoms with van der Waals surface area (Å²) >= 11 is 6.45. The normalized spacial score (nSPS) is 13.5. The van der Waals surface area contributed by atoms with Gasteiger partial charge in [-0.05, 0) is 68.6 Å². The summed E-state index contributed by atoms with van der Waals surface area (Å²) in [5.74, 6) is -1.50. The Bertz CT molecular complexity index is 693. The molecular formula is C15H12Br2FNO2. The van der Waals surface area contributed by atoms with E-state index in [0.29, 0.717) is 11.3 Å². The molecule has 0 aliphatic rings. The van der Waals surface area contributed by atoms with E-state index in [0.717, 1.165) is 4.47 Å². The number of benzene rings is 2. The molecule has 0 fully saturated rings. The fraction of sp³-hybridized carbons (Fsp3) is 0.133. The lowest BCUT2D eigenvalue weighted by atomic mass is 9.91. The molecule has 0 spiro atoms. The van der Waals surface area contributed by atoms with E-state index in [-0.39, 0.29) is 4.47 Å². The van der Waals surface area contributed by atoms with Gasteiger partial charge in [0.1, 0.15) is 5.82 Å². The lowest BCUT2D eigenvalue weighted by Crippen LogP contribution is -2.40. The average molecular weight is 417 g/mol. The molecule has 2 rings (SSSR count). The van der Waals surface area contributed by atoms with Gasteiger partial charge in [0.05, 0.1) is 4.47 Å². The lowest BCUT2D eigenvalue weighted by molar-refractivity contribution is -0.142. The van der Waals surface area contributed by atoms with Crippen molar-refractivity contribution in [3.05, 3.63) is 62.8 Å². The number of anilines is 1. The third-order valence-corrected chi connectivity index (χ3v) is 4.48. The van der Waals surface area contributed by atoms with Crippen LogP contribution in [-0.4, -0.2) is 11.1 Å². The van der Waals surface area contributed by atoms with E-state index >= 15 is 0 Å². The van der Waals surface area contributed by atoms with Gasteiger partial charge in [-0.25, -0.2) is 9.18 Å². The maximum atomic E-state index is 13.4. The van der Waals surface area contributed by atoms with Crippen LogP contribution in [0, 0.1) is 5.82 Å². The Labute approximate surface area is 138 Å². The molecule has 1 atom stereocenters. The first kappa shape index (κ1) is 16.0. The van der Waals surface area contributed by atoms with Gasteiger partial charge in [0, 0.05) is 10.2 Å². The summed E-state index contributed by atoms with van der Waals surface area (Å²) in [6, 6.07) is 11.4. The molecule has 1 unspecified atom stereocenters. The molecule has 0 saturated heterocycles. The van der Waals surface area contributed by atoms with E-state index in [1.54, 1.807) is 12.1 Å². The highest BCUT2D eigenvalue weighted by Crippen LogP contribution is 2.32. The standard InChI is InChI=1S/C15H12Br2FNO2/c1-15(14(20)21,9-6-7-12(18)11(17)8-9)19-13-5-3-2-4-10(13)16/h2-8,19H,1H3,(H,20,21). The van der Waals surface area contributed by atoms with Crippen LogP contribution in [0.1, 0.15) is 12.5 Å². The summed E-state index contributed by atoms with van der Waals surface area (Å²) in [6.07, 6.45) is 0. The highest BCUT2D eigenvalue weighted by molar-refractivity contribution is 9.10. The fourth-order valence-corrected chi connectivity index (χ4v) is 2.65. The van der Waals surface area contributed by atoms with Gasteiger partial charge in [0.25, 0.3) is 0 Å². The molecule has 0 aliphatic heterocycles. The van der Waals surface area contributed by atoms with Crippen molar-refractivity contribution in [2.45, 2.75) is 12.5 Å². The molecule has 110 valence electrons. The molecule has 0 heterocycles. The molecule has 0 aliphatic carbocycles. The predicted octanol–water partition coefficient (Wildman–Crippen LogP) is 4.76. The fourth-order valence-electron chi connectivity index (χ4n) is 1.89. The van der Waals surface area contributed by atoms with Crippen molar-refractivity contribution < 1.29 is 14.3 Å². The first-order valence-electron chi connectivity index (χ1n) is 6.06. The van der Waals surface area contributed by atoms with E-state index in [1.165, 1.54) is 25.1 Å². The Morgan fingerprint density at radius 1 is 1.19 bits per heavy atom. The largest absolute Gasteiger partial charge is 0.479 e. The van der Waals surface area contributed by atoms with Gasteiger partial charge in [0.15, 0.2) is 5.54 Å². The van der Waals surface area contributed by atoms with Gasteiger partial charge >= 0.3 is 5.97 Å². The summed E-state index contributed by atoms with van der Waals surface area (Å²) in [6.45, 7) is 1.54. The number of hydrogen-bond acceptors (Lipinski definition) is 2. The van der Waals surface area contributed by atoms with Crippen LogP contribution in [0.15, 0.2) is 51.4 Å². The second kappa shape index (κ2) is 6.15. The Kier molecular flexibility index (Phi) is 4.68. The van der Waals surface area contributed by atoms with Crippen molar-refractivity contribution >= 4 is 43.5 Å². The molecule has 0 aromatic heterocycles. The van der Waals surface area contributed by atoms with Crippen LogP contribution in [0.2, 0.25) is 0 Å². The Morgan fingerprint density at radius 3 is 2.43 bits per heavy atom. The van der Waals surface area contributed by atoms with E-state index < -0.39 is 17.3 Å². The lowest BCUT2D eigenvalue weighted by Gasteiger charge is -2.28. The molecule has 0 amide bonds. The van der Waals surface area contributed by atoms with Crippen LogP contribution >= 0.6 is 31.9 Å². The third-order valence-electron chi connectivity index (χ3n) is 3.18. The van der Waals surface area contributed by atoms with Crippen LogP contribution in [0.25, 0.3) is 0 Å². The Morgan fingerprint density at radius 2 is 1.86 bits per heavy atom. The number of carboxylic acids is 1. The summed E-state index contributed by atoms with van der Waals surface area (Å²) in [5, 5.41) is 12.6. The molecule has 2 N–H and O–H groups in total. The van der Waals surface area contributed by atoms with Gasteiger partial charge in [-0.2, -0.15) is 0 Å². The van der Waals surface area contributed by atoms with Crippen molar-refractivity contribution in [1.29, 1.82) is 0 Å². The molecule has 2 aromatic rings. The van der Waals surface area contributed by atoms with Crippen molar-refractivity contribution in [3.8, 4) is 0 Å². The molecule has 0 radical (unpaired) electrons. The number of nitrogens with one attached hydrogen (secondary N) is 1. The molecule has 3 nitrogen and oxygen atoms in total. The number of carboxylic acid groups (broad SMARTS) is 1. The third kappa shape index (κ3) is 3.27. The van der Waals surface area contributed by atoms with Crippen LogP contribution in [-0.2, 0) is 10.3 Å². The van der Waals surface area contributed by atoms with E-state index in [4.69, 9.17) is 0 Å². The van der Waals surface area contributed by atoms with Gasteiger partial charge in [0.2, 0.25) is 0 Å². The maximum absolute atomic E-state index is 13.4. The predicted molar refractivity (Wildman–Crippen MR) is 86.9 cm³/mol. The minimum absolute atomic E-state index is 0.224. The first-order valence-corrected chi connectivity index (χ1v) is 7.65. The molecular weight excluding hydrogens is 405 g/mol. The van der Waals surface area contributed by atoms with Crippen LogP contribution < -0.4 is 5.32 Å². The SMILES string of the molecule is CC(Nc1ccccc1Br)(C(=O)O)c1ccc(F)c(Br)c1. The molecule has 0 bridgehead atoms. The monoisotopic (exact) mass is 415 g/mol. The first-order chi connectivity index (χ1) is 9.84. The van der Waals surface area contributed by atoms with E-state index in [9.17, 15) is 14.3 Å². The Hall–Kier alpha value is -1.40. The van der Waals surface area contributed by atoms with E-state index in [1.807, 2.05) is 12.1 Å². The maximum Gasteiger partial charge on any atom is 0.333 e. The van der Waals surface area contributed by atoms with Gasteiger partial charge in [-0.1, -0.05) is 18.2 Å². The number of para-hydroxylation sites is 1. The number of carbonyl (C=O) groups is 1. The molecule has 2 aromatic carbocycles. The van der Waals surface area contributed by atoms with Gasteiger partial charge < -0.3 is 10.4 Å². The summed E-state index contributed by atoms with van der Waals surface area (Å²) in [5.41, 5.74) is -0.304. The smallest absolute Gasteiger partial charge is 0.333 e. The topological polar surface area (TPSA) is 49.3 Å². The van der Waals surface area contributed by atoms with Gasteiger partial charge in [-0.15, -0.1) is 0 Å². The van der Waals surface area contributed by atoms with E-state index in [2.05, 4.69) is 37.2 Å². The molecule has 6 heteroatoms. The molecule has 0 saturated carbocycles. The summed E-state index contributed by atoms with van der Waals surface area (Å²) in [7, 11) is 0. The van der Waals surface area contributed by atoms with Crippen molar-refractivity contribution in [2.75, 3.05) is 5.32 Å². The van der Waals surface area contributed by atoms with Gasteiger partial charge in [-0.3, -0.25) is 0 Å². The highest BCUT2D eigenvalue weighted by atomic mass is 79.9. The zero-order chi connectivity index (χ0) is 15.6. The van der Waals surface area contributed by atoms with Crippen LogP contribution in [0.5, 0.6) is 0 Å². The summed E-state index contributed by atoms with van der Waals surface area (Å²) < 4.78 is 14.3. The second-order valence-electron chi connectivity index (χ2n) is 4.66. The molecule has 21 heavy (non-hydrogen) atoms. The highest BCUT2D eigenvalue weighted by Gasteiger charge is 2.36. The number of rotatable bonds is 4. The van der Waals surface area contributed by atoms with Crippen molar-refractivity contribution in [3.63, 3.8) is 0 Å². The second-order valence-corrected chi connectivity index (χ2v) is 6.37. The quantitative estimate of drug-likeness (QED) is 0.755. The minimum Gasteiger partial charge on any atom is -0.479 e. The van der Waals surface area contributed by atoms with Crippen LogP contribution in [0.4, 0.5) is 10.1 Å². The summed E-state index contributed by atoms with van der Waals surface area (Å²) in [4.78, 5) is 11.7. The van der Waals surface area contributed by atoms with Crippen molar-refractivity contribution in [2.24, 2.45) is 0 Å². The van der Waals surface area contributed by atoms with Crippen LogP contribution in [0.3, 0.4) is 0 Å². The Balaban J connectivity index is 2.48. The number of aliphatic carboxylic acids is 1. The zero-order valence-electron chi connectivity index (χ0n) is 11.0. The number of halogens is 3. The number of hydrogen-bond donors (Lipinski definition) is 2. The average Bonchev–Trinajstić information content (AvgIpc) is 2.44. The zero-order valence-corrected chi connectivity index (χ0v) is 14.2. The minimum atomic E-state index is -1.39.